The number of sulfonamides is 1. The lowest BCUT2D eigenvalue weighted by atomic mass is 10.2. The molecule has 0 aliphatic heterocycles. The molecule has 1 N–H and O–H groups in total. The van der Waals surface area contributed by atoms with Gasteiger partial charge >= 0.3 is 0 Å². The molecule has 0 bridgehead atoms. The monoisotopic (exact) mass is 350 g/mol. The van der Waals surface area contributed by atoms with E-state index in [0.717, 1.165) is 10.6 Å². The maximum atomic E-state index is 13.6. The van der Waals surface area contributed by atoms with Crippen LogP contribution in [0.4, 0.5) is 10.1 Å². The molecule has 0 aliphatic carbocycles. The molecule has 5 nitrogen and oxygen atoms in total. The van der Waals surface area contributed by atoms with Gasteiger partial charge < -0.3 is 5.32 Å². The van der Waals surface area contributed by atoms with Crippen LogP contribution in [0.15, 0.2) is 54.6 Å². The Morgan fingerprint density at radius 3 is 2.29 bits per heavy atom. The number of anilines is 1. The first kappa shape index (κ1) is 17.9. The number of hydrogen-bond donors (Lipinski definition) is 1. The second-order valence-electron chi connectivity index (χ2n) is 5.38. The van der Waals surface area contributed by atoms with Gasteiger partial charge in [0, 0.05) is 12.1 Å². The number of benzene rings is 2. The van der Waals surface area contributed by atoms with E-state index in [1.165, 1.54) is 13.0 Å². The number of carbonyl (C=O) groups excluding carboxylic acids is 1. The molecule has 0 aromatic heterocycles. The summed E-state index contributed by atoms with van der Waals surface area (Å²) in [5, 5.41) is 2.58. The second-order valence-corrected chi connectivity index (χ2v) is 7.24. The van der Waals surface area contributed by atoms with Crippen molar-refractivity contribution in [2.24, 2.45) is 0 Å². The van der Waals surface area contributed by atoms with Crippen LogP contribution in [0.3, 0.4) is 0 Å². The summed E-state index contributed by atoms with van der Waals surface area (Å²) in [7, 11) is -3.65. The van der Waals surface area contributed by atoms with Crippen molar-refractivity contribution in [1.29, 1.82) is 0 Å². The van der Waals surface area contributed by atoms with Crippen LogP contribution in [0.25, 0.3) is 0 Å². The first-order valence-electron chi connectivity index (χ1n) is 7.36. The van der Waals surface area contributed by atoms with Crippen molar-refractivity contribution in [1.82, 2.24) is 5.32 Å². The number of carbonyl (C=O) groups is 1. The van der Waals surface area contributed by atoms with Crippen molar-refractivity contribution in [3.63, 3.8) is 0 Å². The molecule has 0 spiro atoms. The van der Waals surface area contributed by atoms with Crippen LogP contribution in [0.5, 0.6) is 0 Å². The van der Waals surface area contributed by atoms with E-state index in [1.54, 1.807) is 48.5 Å². The Kier molecular flexibility index (Phi) is 5.56. The van der Waals surface area contributed by atoms with Crippen LogP contribution in [-0.4, -0.2) is 26.6 Å². The predicted molar refractivity (Wildman–Crippen MR) is 91.5 cm³/mol. The van der Waals surface area contributed by atoms with E-state index in [2.05, 4.69) is 5.32 Å². The van der Waals surface area contributed by atoms with Gasteiger partial charge in [0.25, 0.3) is 0 Å². The molecular weight excluding hydrogens is 331 g/mol. The number of nitrogens with one attached hydrogen (secondary N) is 1. The molecule has 2 rings (SSSR count). The normalized spacial score (nSPS) is 12.5. The zero-order chi connectivity index (χ0) is 17.7. The van der Waals surface area contributed by atoms with E-state index in [4.69, 9.17) is 0 Å². The molecule has 1 atom stereocenters. The number of nitrogens with zero attached hydrogens (tertiary/aromatic N) is 1. The molecule has 2 aromatic rings. The molecule has 0 heterocycles. The summed E-state index contributed by atoms with van der Waals surface area (Å²) in [5.41, 5.74) is 0.734. The van der Waals surface area contributed by atoms with Crippen LogP contribution in [-0.2, 0) is 21.4 Å². The van der Waals surface area contributed by atoms with Crippen LogP contribution in [0, 0.1) is 5.82 Å². The van der Waals surface area contributed by atoms with Crippen molar-refractivity contribution < 1.29 is 17.6 Å². The minimum absolute atomic E-state index is 0.0117. The molecule has 0 radical (unpaired) electrons. The van der Waals surface area contributed by atoms with Crippen molar-refractivity contribution >= 4 is 21.6 Å². The molecule has 7 heteroatoms. The molecule has 0 aliphatic rings. The van der Waals surface area contributed by atoms with Crippen molar-refractivity contribution in [2.75, 3.05) is 10.6 Å². The Balaban J connectivity index is 2.16. The third-order valence-corrected chi connectivity index (χ3v) is 4.75. The number of hydrogen-bond acceptors (Lipinski definition) is 3. The van der Waals surface area contributed by atoms with E-state index < -0.39 is 27.8 Å². The zero-order valence-electron chi connectivity index (χ0n) is 13.4. The second kappa shape index (κ2) is 7.44. The van der Waals surface area contributed by atoms with Crippen molar-refractivity contribution in [3.05, 3.63) is 66.0 Å². The highest BCUT2D eigenvalue weighted by molar-refractivity contribution is 7.92. The molecule has 2 aromatic carbocycles. The molecule has 0 fully saturated rings. The van der Waals surface area contributed by atoms with Gasteiger partial charge in [-0.1, -0.05) is 36.4 Å². The van der Waals surface area contributed by atoms with E-state index >= 15 is 0 Å². The Morgan fingerprint density at radius 2 is 1.71 bits per heavy atom. The maximum absolute atomic E-state index is 13.6. The molecule has 24 heavy (non-hydrogen) atoms. The third kappa shape index (κ3) is 4.32. The van der Waals surface area contributed by atoms with Gasteiger partial charge in [-0.3, -0.25) is 9.10 Å². The average molecular weight is 350 g/mol. The van der Waals surface area contributed by atoms with E-state index in [0.29, 0.717) is 11.3 Å². The molecule has 0 saturated carbocycles. The van der Waals surface area contributed by atoms with Gasteiger partial charge in [-0.25, -0.2) is 12.8 Å². The summed E-state index contributed by atoms with van der Waals surface area (Å²) in [6.45, 7) is 1.48. The average Bonchev–Trinajstić information content (AvgIpc) is 2.53. The number of amides is 1. The van der Waals surface area contributed by atoms with Gasteiger partial charge in [-0.15, -0.1) is 0 Å². The minimum Gasteiger partial charge on any atom is -0.350 e. The number of para-hydroxylation sites is 1. The summed E-state index contributed by atoms with van der Waals surface area (Å²) in [6, 6.07) is 13.5. The number of rotatable bonds is 6. The highest BCUT2D eigenvalue weighted by atomic mass is 32.2. The Morgan fingerprint density at radius 1 is 1.12 bits per heavy atom. The summed E-state index contributed by atoms with van der Waals surface area (Å²) < 4.78 is 38.8. The lowest BCUT2D eigenvalue weighted by Crippen LogP contribution is -2.47. The van der Waals surface area contributed by atoms with Crippen molar-refractivity contribution in [2.45, 2.75) is 19.5 Å². The van der Waals surface area contributed by atoms with Gasteiger partial charge in [0.2, 0.25) is 15.9 Å². The lowest BCUT2D eigenvalue weighted by molar-refractivity contribution is -0.122. The SMILES string of the molecule is C[C@@H](C(=O)NCc1ccccc1F)N(c1ccccc1)S(C)(=O)=O. The highest BCUT2D eigenvalue weighted by Gasteiger charge is 2.28. The maximum Gasteiger partial charge on any atom is 0.243 e. The molecule has 128 valence electrons. The summed E-state index contributed by atoms with van der Waals surface area (Å²) in [5.74, 6) is -0.930. The lowest BCUT2D eigenvalue weighted by Gasteiger charge is -2.28. The fraction of sp³-hybridized carbons (Fsp3) is 0.235. The summed E-state index contributed by atoms with van der Waals surface area (Å²) >= 11 is 0. The van der Waals surface area contributed by atoms with E-state index in [1.807, 2.05) is 0 Å². The Bertz CT molecular complexity index is 810. The first-order chi connectivity index (χ1) is 11.3. The molecule has 0 unspecified atom stereocenters. The van der Waals surface area contributed by atoms with E-state index in [-0.39, 0.29) is 6.54 Å². The third-order valence-electron chi connectivity index (χ3n) is 3.51. The number of halogens is 1. The van der Waals surface area contributed by atoms with Gasteiger partial charge in [-0.2, -0.15) is 0 Å². The van der Waals surface area contributed by atoms with Gasteiger partial charge in [-0.05, 0) is 25.1 Å². The van der Waals surface area contributed by atoms with Crippen LogP contribution < -0.4 is 9.62 Å². The molecule has 1 amide bonds. The van der Waals surface area contributed by atoms with Crippen LogP contribution >= 0.6 is 0 Å². The van der Waals surface area contributed by atoms with Gasteiger partial charge in [0.15, 0.2) is 0 Å². The minimum atomic E-state index is -3.65. The standard InChI is InChI=1S/C17H19FN2O3S/c1-13(17(21)19-12-14-8-6-7-11-16(14)18)20(24(2,22)23)15-9-4-3-5-10-15/h3-11,13H,12H2,1-2H3,(H,19,21)/t13-/m0/s1. The van der Waals surface area contributed by atoms with Crippen LogP contribution in [0.1, 0.15) is 12.5 Å². The van der Waals surface area contributed by atoms with Gasteiger partial charge in [0.05, 0.1) is 11.9 Å². The summed E-state index contributed by atoms with van der Waals surface area (Å²) in [6.07, 6.45) is 1.04. The largest absolute Gasteiger partial charge is 0.350 e. The smallest absolute Gasteiger partial charge is 0.243 e. The van der Waals surface area contributed by atoms with Gasteiger partial charge in [0.1, 0.15) is 11.9 Å². The molecule has 0 saturated heterocycles. The highest BCUT2D eigenvalue weighted by Crippen LogP contribution is 2.20. The first-order valence-corrected chi connectivity index (χ1v) is 9.21. The fourth-order valence-electron chi connectivity index (χ4n) is 2.36. The van der Waals surface area contributed by atoms with Crippen molar-refractivity contribution in [3.8, 4) is 0 Å². The Hall–Kier alpha value is -2.41. The zero-order valence-corrected chi connectivity index (χ0v) is 14.3. The van der Waals surface area contributed by atoms with Crippen LogP contribution in [0.2, 0.25) is 0 Å². The topological polar surface area (TPSA) is 66.5 Å². The quantitative estimate of drug-likeness (QED) is 0.869. The summed E-state index contributed by atoms with van der Waals surface area (Å²) in [4.78, 5) is 12.3. The van der Waals surface area contributed by atoms with E-state index in [9.17, 15) is 17.6 Å². The predicted octanol–water partition coefficient (Wildman–Crippen LogP) is 2.30. The fourth-order valence-corrected chi connectivity index (χ4v) is 3.53. The molecular formula is C17H19FN2O3S. The Labute approximate surface area is 141 Å².